The molecule has 2 saturated carbocycles. The summed E-state index contributed by atoms with van der Waals surface area (Å²) in [4.78, 5) is 28.3. The molecule has 36 heavy (non-hydrogen) atoms. The first-order chi connectivity index (χ1) is 17.5. The molecule has 6 rings (SSSR count). The average Bonchev–Trinajstić information content (AvgIpc) is 3.78. The Morgan fingerprint density at radius 3 is 2.78 bits per heavy atom. The molecule has 0 saturated heterocycles. The van der Waals surface area contributed by atoms with Crippen molar-refractivity contribution in [1.82, 2.24) is 29.9 Å². The van der Waals surface area contributed by atoms with Crippen LogP contribution in [0.15, 0.2) is 12.4 Å². The van der Waals surface area contributed by atoms with E-state index in [2.05, 4.69) is 25.9 Å². The van der Waals surface area contributed by atoms with Crippen LogP contribution in [0.5, 0.6) is 5.88 Å². The van der Waals surface area contributed by atoms with Crippen LogP contribution in [0.4, 0.5) is 11.8 Å². The van der Waals surface area contributed by atoms with Crippen LogP contribution in [-0.2, 0) is 31.1 Å². The van der Waals surface area contributed by atoms with Gasteiger partial charge in [-0.15, -0.1) is 26.6 Å². The molecular weight excluding hydrogens is 478 g/mol. The molecule has 1 atom stereocenters. The van der Waals surface area contributed by atoms with Gasteiger partial charge in [-0.2, -0.15) is 0 Å². The molecule has 3 aliphatic carbocycles. The number of amides is 1. The number of carbonyl (C=O) groups excluding carboxylic acids is 2. The molecule has 3 heterocycles. The highest BCUT2D eigenvalue weighted by Gasteiger charge is 2.35. The number of ketones is 1. The molecule has 3 aromatic heterocycles. The van der Waals surface area contributed by atoms with Crippen molar-refractivity contribution >= 4 is 34.8 Å². The molecule has 0 bridgehead atoms. The molecule has 190 valence electrons. The normalized spacial score (nSPS) is 19.1. The first-order valence-corrected chi connectivity index (χ1v) is 13.5. The summed E-state index contributed by atoms with van der Waals surface area (Å²) in [6, 6.07) is 1.91. The number of nitrogens with zero attached hydrogens (tertiary/aromatic N) is 5. The van der Waals surface area contributed by atoms with E-state index in [1.165, 1.54) is 17.7 Å². The van der Waals surface area contributed by atoms with Crippen LogP contribution in [0.25, 0.3) is 0 Å². The number of ether oxygens (including phenoxy) is 1. The number of fused-ring (bicyclic) bond motifs is 1. The van der Waals surface area contributed by atoms with Crippen molar-refractivity contribution in [2.45, 2.75) is 57.4 Å². The van der Waals surface area contributed by atoms with E-state index in [1.54, 1.807) is 29.5 Å². The lowest BCUT2D eigenvalue weighted by Gasteiger charge is -2.25. The van der Waals surface area contributed by atoms with Crippen molar-refractivity contribution in [3.63, 3.8) is 0 Å². The number of hydrogen-bond acceptors (Lipinski definition) is 8. The second-order valence-corrected chi connectivity index (χ2v) is 11.3. The zero-order valence-corrected chi connectivity index (χ0v) is 21.4. The monoisotopic (exact) mass is 509 g/mol. The topological polar surface area (TPSA) is 116 Å². The van der Waals surface area contributed by atoms with Crippen molar-refractivity contribution in [1.29, 1.82) is 0 Å². The number of aryl methyl sites for hydroxylation is 2. The van der Waals surface area contributed by atoms with Crippen LogP contribution in [0.2, 0.25) is 0 Å². The second kappa shape index (κ2) is 9.34. The lowest BCUT2D eigenvalue weighted by molar-refractivity contribution is -0.119. The molecule has 11 heteroatoms. The van der Waals surface area contributed by atoms with Crippen molar-refractivity contribution in [3.05, 3.63) is 33.3 Å². The molecule has 2 fully saturated rings. The quantitative estimate of drug-likeness (QED) is 0.431. The minimum atomic E-state index is -0.0252. The molecule has 0 radical (unpaired) electrons. The standard InChI is InChI=1S/C25H31N7O3S/c1-31-21(11-22(30-31)35-2)28-25-29-27-13-32(25)16-7-8-19-17(9-16)23(24(34)26-12-14-3-4-14)20(36-19)10-18(33)15-5-6-15/h11,13-16H,3-10,12H2,1-2H3,(H,26,34)(H,28,29)/t16-/m0/s1. The smallest absolute Gasteiger partial charge is 0.252 e. The molecule has 1 amide bonds. The Labute approximate surface area is 213 Å². The summed E-state index contributed by atoms with van der Waals surface area (Å²) in [7, 11) is 3.42. The van der Waals surface area contributed by atoms with E-state index < -0.39 is 0 Å². The Morgan fingerprint density at radius 1 is 1.22 bits per heavy atom. The maximum atomic E-state index is 13.4. The average molecular weight is 510 g/mol. The summed E-state index contributed by atoms with van der Waals surface area (Å²) in [5.74, 6) is 2.92. The Kier molecular flexibility index (Phi) is 6.02. The lowest BCUT2D eigenvalue weighted by Crippen LogP contribution is -2.28. The number of Topliss-reactive ketones (excluding diaryl/α,β-unsaturated/α-hetero) is 1. The molecule has 0 spiro atoms. The van der Waals surface area contributed by atoms with Crippen molar-refractivity contribution in [2.75, 3.05) is 19.0 Å². The highest BCUT2D eigenvalue weighted by atomic mass is 32.1. The molecular formula is C25H31N7O3S. The van der Waals surface area contributed by atoms with Crippen molar-refractivity contribution in [2.24, 2.45) is 18.9 Å². The van der Waals surface area contributed by atoms with E-state index in [4.69, 9.17) is 4.74 Å². The van der Waals surface area contributed by atoms with Gasteiger partial charge in [0.05, 0.1) is 12.7 Å². The van der Waals surface area contributed by atoms with Crippen molar-refractivity contribution in [3.8, 4) is 5.88 Å². The Balaban J connectivity index is 1.26. The summed E-state index contributed by atoms with van der Waals surface area (Å²) in [6.45, 7) is 0.719. The highest BCUT2D eigenvalue weighted by Crippen LogP contribution is 2.41. The number of hydrogen-bond donors (Lipinski definition) is 2. The van der Waals surface area contributed by atoms with Gasteiger partial charge in [-0.25, -0.2) is 4.68 Å². The molecule has 0 unspecified atom stereocenters. The number of methoxy groups -OCH3 is 1. The SMILES string of the molecule is COc1cc(Nc2nncn2[C@H]2CCc3sc(CC(=O)C4CC4)c(C(=O)NCC4CC4)c3C2)n(C)n1. The van der Waals surface area contributed by atoms with Gasteiger partial charge in [-0.1, -0.05) is 0 Å². The lowest BCUT2D eigenvalue weighted by atomic mass is 9.90. The summed E-state index contributed by atoms with van der Waals surface area (Å²) >= 11 is 1.66. The van der Waals surface area contributed by atoms with E-state index in [0.29, 0.717) is 30.6 Å². The van der Waals surface area contributed by atoms with Gasteiger partial charge in [-0.3, -0.25) is 14.2 Å². The van der Waals surface area contributed by atoms with Gasteiger partial charge >= 0.3 is 0 Å². The molecule has 0 aliphatic heterocycles. The number of anilines is 2. The Morgan fingerprint density at radius 2 is 2.06 bits per heavy atom. The molecule has 0 aromatic carbocycles. The van der Waals surface area contributed by atoms with Crippen LogP contribution in [0, 0.1) is 11.8 Å². The van der Waals surface area contributed by atoms with E-state index in [1.807, 2.05) is 17.7 Å². The molecule has 3 aliphatic rings. The van der Waals surface area contributed by atoms with E-state index in [-0.39, 0.29) is 23.7 Å². The zero-order valence-electron chi connectivity index (χ0n) is 20.6. The fraction of sp³-hybridized carbons (Fsp3) is 0.560. The van der Waals surface area contributed by atoms with Gasteiger partial charge in [0.2, 0.25) is 11.8 Å². The number of aromatic nitrogens is 5. The van der Waals surface area contributed by atoms with Gasteiger partial charge in [-0.05, 0) is 56.4 Å². The number of carbonyl (C=O) groups is 2. The fourth-order valence-corrected chi connectivity index (χ4v) is 6.33. The maximum Gasteiger partial charge on any atom is 0.252 e. The Bertz CT molecular complexity index is 1300. The van der Waals surface area contributed by atoms with Crippen molar-refractivity contribution < 1.29 is 14.3 Å². The minimum Gasteiger partial charge on any atom is -0.480 e. The van der Waals surface area contributed by atoms with E-state index in [0.717, 1.165) is 54.0 Å². The minimum absolute atomic E-state index is 0.0252. The van der Waals surface area contributed by atoms with Crippen LogP contribution in [0.1, 0.15) is 63.8 Å². The number of nitrogens with one attached hydrogen (secondary N) is 2. The second-order valence-electron chi connectivity index (χ2n) is 10.2. The fourth-order valence-electron chi connectivity index (χ4n) is 4.97. The van der Waals surface area contributed by atoms with E-state index in [9.17, 15) is 9.59 Å². The van der Waals surface area contributed by atoms with Crippen LogP contribution in [0.3, 0.4) is 0 Å². The third kappa shape index (κ3) is 4.63. The summed E-state index contributed by atoms with van der Waals surface area (Å²) in [5, 5.41) is 19.2. The third-order valence-corrected chi connectivity index (χ3v) is 8.72. The predicted octanol–water partition coefficient (Wildman–Crippen LogP) is 3.22. The number of thiophene rings is 1. The zero-order chi connectivity index (χ0) is 24.8. The number of rotatable bonds is 10. The molecule has 2 N–H and O–H groups in total. The van der Waals surface area contributed by atoms with Gasteiger partial charge < -0.3 is 15.4 Å². The first-order valence-electron chi connectivity index (χ1n) is 12.7. The summed E-state index contributed by atoms with van der Waals surface area (Å²) in [5.41, 5.74) is 1.83. The largest absolute Gasteiger partial charge is 0.480 e. The first kappa shape index (κ1) is 23.2. The van der Waals surface area contributed by atoms with Crippen LogP contribution < -0.4 is 15.4 Å². The summed E-state index contributed by atoms with van der Waals surface area (Å²) in [6.07, 6.45) is 8.94. The van der Waals surface area contributed by atoms with Gasteiger partial charge in [0, 0.05) is 47.8 Å². The van der Waals surface area contributed by atoms with E-state index >= 15 is 0 Å². The summed E-state index contributed by atoms with van der Waals surface area (Å²) < 4.78 is 8.97. The van der Waals surface area contributed by atoms with Crippen LogP contribution >= 0.6 is 11.3 Å². The predicted molar refractivity (Wildman–Crippen MR) is 135 cm³/mol. The van der Waals surface area contributed by atoms with Crippen LogP contribution in [-0.4, -0.2) is 49.9 Å². The maximum absolute atomic E-state index is 13.4. The highest BCUT2D eigenvalue weighted by molar-refractivity contribution is 7.12. The third-order valence-electron chi connectivity index (χ3n) is 7.42. The molecule has 10 nitrogen and oxygen atoms in total. The Hall–Kier alpha value is -3.21. The van der Waals surface area contributed by atoms with Gasteiger partial charge in [0.15, 0.2) is 0 Å². The van der Waals surface area contributed by atoms with Gasteiger partial charge in [0.25, 0.3) is 5.91 Å². The molecule has 3 aromatic rings. The van der Waals surface area contributed by atoms with Gasteiger partial charge in [0.1, 0.15) is 17.9 Å².